The lowest BCUT2D eigenvalue weighted by Crippen LogP contribution is -2.13. The first kappa shape index (κ1) is 15.5. The van der Waals surface area contributed by atoms with Crippen molar-refractivity contribution in [1.82, 2.24) is 0 Å². The normalized spacial score (nSPS) is 10.5. The minimum Gasteiger partial charge on any atom is -0.465 e. The number of hydrogen-bond donors (Lipinski definition) is 1. The van der Waals surface area contributed by atoms with Crippen LogP contribution in [-0.4, -0.2) is 19.0 Å². The summed E-state index contributed by atoms with van der Waals surface area (Å²) in [6.45, 7) is 1.87. The van der Waals surface area contributed by atoms with Crippen LogP contribution in [0.2, 0.25) is 0 Å². The van der Waals surface area contributed by atoms with Crippen LogP contribution in [0.5, 0.6) is 0 Å². The lowest BCUT2D eigenvalue weighted by atomic mass is 10.1. The summed E-state index contributed by atoms with van der Waals surface area (Å²) in [6, 6.07) is 5.37. The molecule has 0 spiro atoms. The van der Waals surface area contributed by atoms with Gasteiger partial charge >= 0.3 is 5.97 Å². The van der Waals surface area contributed by atoms with Gasteiger partial charge in [0.05, 0.1) is 18.3 Å². The van der Waals surface area contributed by atoms with E-state index in [0.717, 1.165) is 5.56 Å². The zero-order chi connectivity index (χ0) is 16.4. The molecule has 0 aliphatic carbocycles. The molecule has 0 atom stereocenters. The molecule has 118 valence electrons. The number of carbonyl (C=O) groups is 2. The molecule has 0 bridgehead atoms. The number of furan rings is 1. The summed E-state index contributed by atoms with van der Waals surface area (Å²) >= 11 is 2.62. The average Bonchev–Trinajstić information content (AvgIpc) is 3.25. The third kappa shape index (κ3) is 2.93. The summed E-state index contributed by atoms with van der Waals surface area (Å²) < 4.78 is 10.2. The molecule has 0 saturated heterocycles. The first-order valence-corrected chi connectivity index (χ1v) is 8.47. The first-order valence-electron chi connectivity index (χ1n) is 6.71. The molecule has 3 aromatic rings. The predicted octanol–water partition coefficient (Wildman–Crippen LogP) is 4.42. The second-order valence-electron chi connectivity index (χ2n) is 4.71. The van der Waals surface area contributed by atoms with Crippen LogP contribution < -0.4 is 5.32 Å². The second kappa shape index (κ2) is 6.39. The number of anilines is 1. The Labute approximate surface area is 140 Å². The van der Waals surface area contributed by atoms with Crippen molar-refractivity contribution in [3.63, 3.8) is 0 Å². The summed E-state index contributed by atoms with van der Waals surface area (Å²) in [4.78, 5) is 25.1. The van der Waals surface area contributed by atoms with Crippen LogP contribution in [0.25, 0.3) is 11.3 Å². The Hall–Kier alpha value is -2.38. The van der Waals surface area contributed by atoms with Crippen LogP contribution in [0.3, 0.4) is 0 Å². The molecule has 1 amide bonds. The van der Waals surface area contributed by atoms with Gasteiger partial charge < -0.3 is 14.5 Å². The van der Waals surface area contributed by atoms with Crippen molar-refractivity contribution in [2.75, 3.05) is 12.4 Å². The zero-order valence-electron chi connectivity index (χ0n) is 12.4. The van der Waals surface area contributed by atoms with Gasteiger partial charge in [-0.2, -0.15) is 0 Å². The van der Waals surface area contributed by atoms with Crippen molar-refractivity contribution in [1.29, 1.82) is 0 Å². The van der Waals surface area contributed by atoms with Crippen LogP contribution in [0.1, 0.15) is 25.6 Å². The topological polar surface area (TPSA) is 68.5 Å². The van der Waals surface area contributed by atoms with Crippen LogP contribution >= 0.6 is 22.7 Å². The molecule has 0 unspecified atom stereocenters. The molecule has 3 rings (SSSR count). The number of aryl methyl sites for hydroxylation is 1. The molecule has 0 radical (unpaired) electrons. The number of ether oxygens (including phenoxy) is 1. The standard InChI is InChI=1S/C16H13NO4S2/c1-9-5-7-22-13(9)14(18)17-15-12(16(19)20-2)10(8-23-15)11-4-3-6-21-11/h3-8H,1-2H3,(H,17,18). The van der Waals surface area contributed by atoms with Crippen molar-refractivity contribution in [2.45, 2.75) is 6.92 Å². The number of rotatable bonds is 4. The number of carbonyl (C=O) groups excluding carboxylic acids is 2. The molecule has 23 heavy (non-hydrogen) atoms. The van der Waals surface area contributed by atoms with Gasteiger partial charge in [0.2, 0.25) is 0 Å². The molecular weight excluding hydrogens is 334 g/mol. The van der Waals surface area contributed by atoms with Gasteiger partial charge in [-0.25, -0.2) is 4.79 Å². The van der Waals surface area contributed by atoms with E-state index >= 15 is 0 Å². The Balaban J connectivity index is 1.98. The van der Waals surface area contributed by atoms with Crippen LogP contribution in [0, 0.1) is 6.92 Å². The molecule has 0 aliphatic heterocycles. The highest BCUT2D eigenvalue weighted by molar-refractivity contribution is 7.15. The number of amides is 1. The van der Waals surface area contributed by atoms with E-state index in [-0.39, 0.29) is 5.91 Å². The molecule has 0 saturated carbocycles. The lowest BCUT2D eigenvalue weighted by molar-refractivity contribution is 0.0603. The highest BCUT2D eigenvalue weighted by Gasteiger charge is 2.24. The maximum atomic E-state index is 12.4. The smallest absolute Gasteiger partial charge is 0.341 e. The number of hydrogen-bond acceptors (Lipinski definition) is 6. The summed E-state index contributed by atoms with van der Waals surface area (Å²) in [5.74, 6) is -0.208. The van der Waals surface area contributed by atoms with E-state index in [0.29, 0.717) is 26.8 Å². The largest absolute Gasteiger partial charge is 0.465 e. The van der Waals surface area contributed by atoms with Gasteiger partial charge in [-0.3, -0.25) is 4.79 Å². The number of thiophene rings is 2. The average molecular weight is 347 g/mol. The van der Waals surface area contributed by atoms with Gasteiger partial charge in [-0.15, -0.1) is 22.7 Å². The van der Waals surface area contributed by atoms with E-state index in [1.54, 1.807) is 17.5 Å². The Morgan fingerprint density at radius 3 is 2.70 bits per heavy atom. The minimum absolute atomic E-state index is 0.240. The van der Waals surface area contributed by atoms with Crippen LogP contribution in [0.15, 0.2) is 39.6 Å². The minimum atomic E-state index is -0.518. The molecule has 5 nitrogen and oxygen atoms in total. The molecule has 3 aromatic heterocycles. The monoisotopic (exact) mass is 347 g/mol. The van der Waals surface area contributed by atoms with Gasteiger partial charge in [0.25, 0.3) is 5.91 Å². The van der Waals surface area contributed by atoms with Crippen molar-refractivity contribution in [2.24, 2.45) is 0 Å². The third-order valence-corrected chi connectivity index (χ3v) is 5.17. The van der Waals surface area contributed by atoms with Gasteiger partial charge in [-0.05, 0) is 36.1 Å². The fourth-order valence-corrected chi connectivity index (χ4v) is 3.89. The van der Waals surface area contributed by atoms with Crippen molar-refractivity contribution in [3.8, 4) is 11.3 Å². The van der Waals surface area contributed by atoms with E-state index in [1.807, 2.05) is 18.4 Å². The predicted molar refractivity (Wildman–Crippen MR) is 90.4 cm³/mol. The van der Waals surface area contributed by atoms with E-state index in [2.05, 4.69) is 5.32 Å². The van der Waals surface area contributed by atoms with Crippen LogP contribution in [-0.2, 0) is 4.74 Å². The Morgan fingerprint density at radius 1 is 1.26 bits per heavy atom. The fourth-order valence-electron chi connectivity index (χ4n) is 2.13. The lowest BCUT2D eigenvalue weighted by Gasteiger charge is -2.06. The molecule has 0 aliphatic rings. The molecule has 0 aromatic carbocycles. The van der Waals surface area contributed by atoms with E-state index in [4.69, 9.17) is 9.15 Å². The first-order chi connectivity index (χ1) is 11.1. The Morgan fingerprint density at radius 2 is 2.09 bits per heavy atom. The van der Waals surface area contributed by atoms with Crippen molar-refractivity contribution >= 4 is 39.6 Å². The summed E-state index contributed by atoms with van der Waals surface area (Å²) in [7, 11) is 1.31. The van der Waals surface area contributed by atoms with Gasteiger partial charge in [0.15, 0.2) is 0 Å². The second-order valence-corrected chi connectivity index (χ2v) is 6.51. The third-order valence-electron chi connectivity index (χ3n) is 3.26. The number of esters is 1. The zero-order valence-corrected chi connectivity index (χ0v) is 14.0. The van der Waals surface area contributed by atoms with E-state index < -0.39 is 5.97 Å². The highest BCUT2D eigenvalue weighted by Crippen LogP contribution is 2.36. The van der Waals surface area contributed by atoms with Crippen molar-refractivity contribution < 1.29 is 18.7 Å². The van der Waals surface area contributed by atoms with Gasteiger partial charge in [0, 0.05) is 10.9 Å². The maximum absolute atomic E-state index is 12.4. The molecule has 3 heterocycles. The number of nitrogens with one attached hydrogen (secondary N) is 1. The summed E-state index contributed by atoms with van der Waals surface area (Å²) in [5, 5.41) is 6.87. The molecule has 0 fully saturated rings. The summed E-state index contributed by atoms with van der Waals surface area (Å²) in [6.07, 6.45) is 1.53. The molecule has 7 heteroatoms. The quantitative estimate of drug-likeness (QED) is 0.710. The maximum Gasteiger partial charge on any atom is 0.341 e. The van der Waals surface area contributed by atoms with E-state index in [9.17, 15) is 9.59 Å². The molecular formula is C16H13NO4S2. The molecule has 1 N–H and O–H groups in total. The van der Waals surface area contributed by atoms with Crippen molar-refractivity contribution in [3.05, 3.63) is 51.2 Å². The SMILES string of the molecule is COC(=O)c1c(-c2ccco2)csc1NC(=O)c1sccc1C. The van der Waals surface area contributed by atoms with E-state index in [1.165, 1.54) is 36.0 Å². The van der Waals surface area contributed by atoms with Crippen LogP contribution in [0.4, 0.5) is 5.00 Å². The number of methoxy groups -OCH3 is 1. The Bertz CT molecular complexity index is 845. The highest BCUT2D eigenvalue weighted by atomic mass is 32.1. The summed E-state index contributed by atoms with van der Waals surface area (Å²) in [5.41, 5.74) is 1.80. The van der Waals surface area contributed by atoms with Gasteiger partial charge in [-0.1, -0.05) is 0 Å². The van der Waals surface area contributed by atoms with Gasteiger partial charge in [0.1, 0.15) is 16.3 Å². The fraction of sp³-hybridized carbons (Fsp3) is 0.125. The Kier molecular flexibility index (Phi) is 4.31.